The molecule has 2 aromatic rings. The molecule has 0 aliphatic rings. The molecule has 1 N–H and O–H groups in total. The lowest BCUT2D eigenvalue weighted by Gasteiger charge is -2.21. The minimum atomic E-state index is -0.771. The largest absolute Gasteiger partial charge is 0.467 e. The highest BCUT2D eigenvalue weighted by Crippen LogP contribution is 2.22. The number of esters is 2. The molecule has 0 saturated carbocycles. The maximum absolute atomic E-state index is 12.1. The molecule has 1 aromatic heterocycles. The van der Waals surface area contributed by atoms with Gasteiger partial charge in [0.15, 0.2) is 6.61 Å². The molecule has 1 amide bonds. The molecule has 0 unspecified atom stereocenters. The summed E-state index contributed by atoms with van der Waals surface area (Å²) in [6, 6.07) is 4.94. The van der Waals surface area contributed by atoms with Crippen LogP contribution in [-0.2, 0) is 30.3 Å². The van der Waals surface area contributed by atoms with E-state index in [0.717, 1.165) is 10.9 Å². The van der Waals surface area contributed by atoms with Gasteiger partial charge in [0.05, 0.1) is 19.8 Å². The second-order valence-electron chi connectivity index (χ2n) is 6.55. The SMILES string of the molecule is CC[C@H](C)[C@@H](NC(=O)COC(=O)Cc1coc2cc(C)ccc12)C(=O)OC. The van der Waals surface area contributed by atoms with E-state index in [2.05, 4.69) is 5.32 Å². The van der Waals surface area contributed by atoms with Gasteiger partial charge in [-0.1, -0.05) is 32.4 Å². The monoisotopic (exact) mass is 375 g/mol. The molecule has 7 heteroatoms. The summed E-state index contributed by atoms with van der Waals surface area (Å²) >= 11 is 0. The first-order valence-corrected chi connectivity index (χ1v) is 8.85. The summed E-state index contributed by atoms with van der Waals surface area (Å²) < 4.78 is 15.2. The summed E-state index contributed by atoms with van der Waals surface area (Å²) in [6.07, 6.45) is 2.20. The minimum absolute atomic E-state index is 0.00483. The molecule has 1 heterocycles. The van der Waals surface area contributed by atoms with Gasteiger partial charge in [-0.2, -0.15) is 0 Å². The van der Waals surface area contributed by atoms with Gasteiger partial charge >= 0.3 is 11.9 Å². The topological polar surface area (TPSA) is 94.8 Å². The standard InChI is InChI=1S/C20H25NO6/c1-5-13(3)19(20(24)25-4)21-17(22)11-27-18(23)9-14-10-26-16-8-12(2)6-7-15(14)16/h6-8,10,13,19H,5,9,11H2,1-4H3,(H,21,22)/t13-,19+/m0/s1. The number of ether oxygens (including phenoxy) is 2. The van der Waals surface area contributed by atoms with Crippen LogP contribution < -0.4 is 5.32 Å². The fourth-order valence-corrected chi connectivity index (χ4v) is 2.69. The fraction of sp³-hybridized carbons (Fsp3) is 0.450. The van der Waals surface area contributed by atoms with Crippen molar-refractivity contribution in [1.82, 2.24) is 5.32 Å². The molecule has 0 bridgehead atoms. The van der Waals surface area contributed by atoms with Crippen molar-refractivity contribution in [2.45, 2.75) is 39.7 Å². The second kappa shape index (κ2) is 9.21. The Morgan fingerprint density at radius 1 is 1.26 bits per heavy atom. The lowest BCUT2D eigenvalue weighted by Crippen LogP contribution is -2.47. The molecule has 27 heavy (non-hydrogen) atoms. The number of methoxy groups -OCH3 is 1. The van der Waals surface area contributed by atoms with Crippen LogP contribution in [0.15, 0.2) is 28.9 Å². The van der Waals surface area contributed by atoms with E-state index < -0.39 is 30.5 Å². The molecule has 0 aliphatic carbocycles. The van der Waals surface area contributed by atoms with Gasteiger partial charge in [0.25, 0.3) is 5.91 Å². The highest BCUT2D eigenvalue weighted by Gasteiger charge is 2.27. The van der Waals surface area contributed by atoms with Crippen LogP contribution >= 0.6 is 0 Å². The van der Waals surface area contributed by atoms with Crippen molar-refractivity contribution in [3.63, 3.8) is 0 Å². The van der Waals surface area contributed by atoms with Crippen LogP contribution in [0.4, 0.5) is 0 Å². The normalized spacial score (nSPS) is 13.0. The van der Waals surface area contributed by atoms with E-state index in [9.17, 15) is 14.4 Å². The number of nitrogens with one attached hydrogen (secondary N) is 1. The number of hydrogen-bond donors (Lipinski definition) is 1. The number of furan rings is 1. The van der Waals surface area contributed by atoms with Crippen molar-refractivity contribution >= 4 is 28.8 Å². The zero-order valence-corrected chi connectivity index (χ0v) is 16.0. The number of carbonyl (C=O) groups is 3. The molecule has 2 rings (SSSR count). The van der Waals surface area contributed by atoms with E-state index in [4.69, 9.17) is 13.9 Å². The number of benzene rings is 1. The van der Waals surface area contributed by atoms with Crippen molar-refractivity contribution in [3.8, 4) is 0 Å². The number of carbonyl (C=O) groups excluding carboxylic acids is 3. The zero-order chi connectivity index (χ0) is 20.0. The molecule has 0 spiro atoms. The molecule has 0 radical (unpaired) electrons. The first-order valence-electron chi connectivity index (χ1n) is 8.85. The average Bonchev–Trinajstić information content (AvgIpc) is 3.04. The molecule has 2 atom stereocenters. The van der Waals surface area contributed by atoms with Crippen molar-refractivity contribution in [2.24, 2.45) is 5.92 Å². The molecular formula is C20H25NO6. The van der Waals surface area contributed by atoms with Gasteiger partial charge < -0.3 is 19.2 Å². The third-order valence-electron chi connectivity index (χ3n) is 4.49. The van der Waals surface area contributed by atoms with E-state index in [-0.39, 0.29) is 12.3 Å². The summed E-state index contributed by atoms with van der Waals surface area (Å²) in [4.78, 5) is 35.9. The Morgan fingerprint density at radius 3 is 2.67 bits per heavy atom. The van der Waals surface area contributed by atoms with E-state index in [0.29, 0.717) is 17.6 Å². The van der Waals surface area contributed by atoms with Gasteiger partial charge in [0.2, 0.25) is 0 Å². The highest BCUT2D eigenvalue weighted by molar-refractivity contribution is 5.88. The van der Waals surface area contributed by atoms with Gasteiger partial charge in [0, 0.05) is 10.9 Å². The number of aryl methyl sites for hydroxylation is 1. The van der Waals surface area contributed by atoms with E-state index >= 15 is 0 Å². The van der Waals surface area contributed by atoms with Crippen molar-refractivity contribution < 1.29 is 28.3 Å². The van der Waals surface area contributed by atoms with Crippen LogP contribution in [-0.4, -0.2) is 37.6 Å². The Labute approximate surface area is 158 Å². The average molecular weight is 375 g/mol. The van der Waals surface area contributed by atoms with Crippen LogP contribution in [0, 0.1) is 12.8 Å². The predicted octanol–water partition coefficient (Wildman–Crippen LogP) is 2.53. The van der Waals surface area contributed by atoms with Crippen molar-refractivity contribution in [1.29, 1.82) is 0 Å². The van der Waals surface area contributed by atoms with Gasteiger partial charge in [-0.05, 0) is 24.5 Å². The Morgan fingerprint density at radius 2 is 2.00 bits per heavy atom. The fourth-order valence-electron chi connectivity index (χ4n) is 2.69. The molecule has 0 saturated heterocycles. The van der Waals surface area contributed by atoms with Crippen LogP contribution in [0.3, 0.4) is 0 Å². The molecule has 146 valence electrons. The Kier molecular flexibility index (Phi) is 6.98. The lowest BCUT2D eigenvalue weighted by atomic mass is 9.99. The van der Waals surface area contributed by atoms with Gasteiger partial charge in [-0.15, -0.1) is 0 Å². The van der Waals surface area contributed by atoms with E-state index in [1.165, 1.54) is 13.4 Å². The van der Waals surface area contributed by atoms with Crippen molar-refractivity contribution in [3.05, 3.63) is 35.6 Å². The molecule has 0 fully saturated rings. The quantitative estimate of drug-likeness (QED) is 0.713. The lowest BCUT2D eigenvalue weighted by molar-refractivity contribution is -0.150. The molecule has 7 nitrogen and oxygen atoms in total. The minimum Gasteiger partial charge on any atom is -0.467 e. The summed E-state index contributed by atoms with van der Waals surface area (Å²) in [6.45, 7) is 5.23. The highest BCUT2D eigenvalue weighted by atomic mass is 16.5. The molecule has 1 aromatic carbocycles. The summed E-state index contributed by atoms with van der Waals surface area (Å²) in [7, 11) is 1.26. The summed E-state index contributed by atoms with van der Waals surface area (Å²) in [5.74, 6) is -1.72. The van der Waals surface area contributed by atoms with Crippen LogP contribution in [0.25, 0.3) is 11.0 Å². The number of hydrogen-bond acceptors (Lipinski definition) is 6. The number of fused-ring (bicyclic) bond motifs is 1. The number of amides is 1. The Balaban J connectivity index is 1.90. The van der Waals surface area contributed by atoms with Gasteiger partial charge in [-0.3, -0.25) is 9.59 Å². The van der Waals surface area contributed by atoms with E-state index in [1.807, 2.05) is 39.0 Å². The Hall–Kier alpha value is -2.83. The summed E-state index contributed by atoms with van der Waals surface area (Å²) in [5.41, 5.74) is 2.46. The van der Waals surface area contributed by atoms with Crippen LogP contribution in [0.2, 0.25) is 0 Å². The third kappa shape index (κ3) is 5.32. The molecular weight excluding hydrogens is 350 g/mol. The van der Waals surface area contributed by atoms with Gasteiger partial charge in [-0.25, -0.2) is 4.79 Å². The first kappa shape index (κ1) is 20.5. The second-order valence-corrected chi connectivity index (χ2v) is 6.55. The predicted molar refractivity (Wildman–Crippen MR) is 99.0 cm³/mol. The third-order valence-corrected chi connectivity index (χ3v) is 4.49. The maximum Gasteiger partial charge on any atom is 0.328 e. The van der Waals surface area contributed by atoms with Crippen LogP contribution in [0.5, 0.6) is 0 Å². The molecule has 0 aliphatic heterocycles. The van der Waals surface area contributed by atoms with Gasteiger partial charge in [0.1, 0.15) is 11.6 Å². The smallest absolute Gasteiger partial charge is 0.328 e. The summed E-state index contributed by atoms with van der Waals surface area (Å²) in [5, 5.41) is 3.40. The zero-order valence-electron chi connectivity index (χ0n) is 16.0. The Bertz CT molecular complexity index is 825. The first-order chi connectivity index (χ1) is 12.8. The van der Waals surface area contributed by atoms with E-state index in [1.54, 1.807) is 0 Å². The van der Waals surface area contributed by atoms with Crippen molar-refractivity contribution in [2.75, 3.05) is 13.7 Å². The number of rotatable bonds is 8. The van der Waals surface area contributed by atoms with Crippen LogP contribution in [0.1, 0.15) is 31.4 Å². The maximum atomic E-state index is 12.1.